The highest BCUT2D eigenvalue weighted by atomic mass is 32.2. The fraction of sp³-hybridized carbons (Fsp3) is 0.467. The van der Waals surface area contributed by atoms with Gasteiger partial charge in [0, 0.05) is 23.5 Å². The average molecular weight is 327 g/mol. The lowest BCUT2D eigenvalue weighted by Gasteiger charge is -2.22. The smallest absolute Gasteiger partial charge is 0.214 e. The Morgan fingerprint density at radius 2 is 2.14 bits per heavy atom. The van der Waals surface area contributed by atoms with Gasteiger partial charge in [0.15, 0.2) is 0 Å². The van der Waals surface area contributed by atoms with Crippen LogP contribution in [-0.2, 0) is 23.0 Å². The molecule has 0 aliphatic carbocycles. The molecular weight excluding hydrogens is 306 g/mol. The summed E-state index contributed by atoms with van der Waals surface area (Å²) in [6.45, 7) is 4.72. The summed E-state index contributed by atoms with van der Waals surface area (Å²) in [5, 5.41) is 2.01. The lowest BCUT2D eigenvalue weighted by molar-refractivity contribution is 0.404. The van der Waals surface area contributed by atoms with Crippen molar-refractivity contribution < 1.29 is 12.8 Å². The van der Waals surface area contributed by atoms with Crippen molar-refractivity contribution >= 4 is 21.4 Å². The Morgan fingerprint density at radius 3 is 2.71 bits per heavy atom. The van der Waals surface area contributed by atoms with Gasteiger partial charge in [-0.1, -0.05) is 19.9 Å². The number of hydrogen-bond acceptors (Lipinski definition) is 4. The number of nitrogens with zero attached hydrogens (tertiary/aromatic N) is 1. The molecule has 2 rings (SSSR count). The van der Waals surface area contributed by atoms with Crippen LogP contribution in [0, 0.1) is 5.92 Å². The maximum atomic E-state index is 12.5. The van der Waals surface area contributed by atoms with E-state index >= 15 is 0 Å². The number of sulfonamides is 1. The van der Waals surface area contributed by atoms with Crippen molar-refractivity contribution in [3.63, 3.8) is 0 Å². The van der Waals surface area contributed by atoms with Crippen LogP contribution < -0.4 is 0 Å². The molecule has 0 radical (unpaired) electrons. The second-order valence-electron chi connectivity index (χ2n) is 5.47. The average Bonchev–Trinajstić information content (AvgIpc) is 3.06. The van der Waals surface area contributed by atoms with E-state index in [1.54, 1.807) is 28.2 Å². The van der Waals surface area contributed by atoms with Gasteiger partial charge in [-0.05, 0) is 29.9 Å². The molecule has 2 aromatic heterocycles. The summed E-state index contributed by atoms with van der Waals surface area (Å²) < 4.78 is 31.7. The third-order valence-electron chi connectivity index (χ3n) is 3.06. The maximum Gasteiger partial charge on any atom is 0.214 e. The monoisotopic (exact) mass is 327 g/mol. The largest absolute Gasteiger partial charge is 0.472 e. The van der Waals surface area contributed by atoms with Crippen LogP contribution in [0.4, 0.5) is 0 Å². The van der Waals surface area contributed by atoms with Gasteiger partial charge >= 0.3 is 0 Å². The first-order valence-corrected chi connectivity index (χ1v) is 9.47. The SMILES string of the molecule is CC(C)CS(=O)(=O)N(CCc1cccs1)Cc1ccoc1. The van der Waals surface area contributed by atoms with Crippen LogP contribution in [0.1, 0.15) is 24.3 Å². The van der Waals surface area contributed by atoms with Gasteiger partial charge in [-0.15, -0.1) is 11.3 Å². The second-order valence-corrected chi connectivity index (χ2v) is 8.51. The number of rotatable bonds is 8. The molecule has 2 aromatic rings. The van der Waals surface area contributed by atoms with Crippen LogP contribution in [0.15, 0.2) is 40.5 Å². The van der Waals surface area contributed by atoms with E-state index < -0.39 is 10.0 Å². The molecule has 0 N–H and O–H groups in total. The van der Waals surface area contributed by atoms with E-state index in [9.17, 15) is 8.42 Å². The van der Waals surface area contributed by atoms with Crippen LogP contribution in [0.25, 0.3) is 0 Å². The van der Waals surface area contributed by atoms with Crippen LogP contribution in [0.2, 0.25) is 0 Å². The zero-order valence-electron chi connectivity index (χ0n) is 12.4. The molecule has 0 aliphatic rings. The highest BCUT2D eigenvalue weighted by Gasteiger charge is 2.23. The summed E-state index contributed by atoms with van der Waals surface area (Å²) in [7, 11) is -3.25. The molecule has 116 valence electrons. The molecule has 0 amide bonds. The molecule has 0 aliphatic heterocycles. The molecule has 4 nitrogen and oxygen atoms in total. The van der Waals surface area contributed by atoms with Gasteiger partial charge < -0.3 is 4.42 Å². The molecule has 0 unspecified atom stereocenters. The van der Waals surface area contributed by atoms with Gasteiger partial charge in [0.1, 0.15) is 0 Å². The van der Waals surface area contributed by atoms with Gasteiger partial charge in [0.2, 0.25) is 10.0 Å². The predicted molar refractivity (Wildman–Crippen MR) is 85.8 cm³/mol. The lowest BCUT2D eigenvalue weighted by atomic mass is 10.3. The number of thiophene rings is 1. The molecule has 0 saturated carbocycles. The Bertz CT molecular complexity index is 616. The van der Waals surface area contributed by atoms with Crippen molar-refractivity contribution in [2.24, 2.45) is 5.92 Å². The van der Waals surface area contributed by atoms with Gasteiger partial charge in [-0.25, -0.2) is 8.42 Å². The van der Waals surface area contributed by atoms with Crippen molar-refractivity contribution in [1.29, 1.82) is 0 Å². The molecule has 21 heavy (non-hydrogen) atoms. The summed E-state index contributed by atoms with van der Waals surface area (Å²) in [5.41, 5.74) is 0.883. The second kappa shape index (κ2) is 7.24. The Kier molecular flexibility index (Phi) is 5.61. The zero-order chi connectivity index (χ0) is 15.3. The van der Waals surface area contributed by atoms with Gasteiger partial charge in [-0.3, -0.25) is 0 Å². The quantitative estimate of drug-likeness (QED) is 0.747. The first-order valence-electron chi connectivity index (χ1n) is 6.98. The van der Waals surface area contributed by atoms with E-state index in [0.29, 0.717) is 13.1 Å². The molecule has 0 aromatic carbocycles. The van der Waals surface area contributed by atoms with E-state index in [-0.39, 0.29) is 11.7 Å². The van der Waals surface area contributed by atoms with Gasteiger partial charge in [-0.2, -0.15) is 4.31 Å². The molecule has 0 saturated heterocycles. The highest BCUT2D eigenvalue weighted by Crippen LogP contribution is 2.16. The van der Waals surface area contributed by atoms with Crippen molar-refractivity contribution in [3.8, 4) is 0 Å². The first kappa shape index (κ1) is 16.3. The predicted octanol–water partition coefficient (Wildman–Crippen LogP) is 3.37. The summed E-state index contributed by atoms with van der Waals surface area (Å²) in [6.07, 6.45) is 3.91. The van der Waals surface area contributed by atoms with Gasteiger partial charge in [0.05, 0.1) is 18.3 Å². The third kappa shape index (κ3) is 4.98. The molecule has 2 heterocycles. The number of hydrogen-bond donors (Lipinski definition) is 0. The standard InChI is InChI=1S/C15H21NO3S2/c1-13(2)12-21(17,18)16(10-14-6-8-19-11-14)7-5-15-4-3-9-20-15/h3-4,6,8-9,11,13H,5,7,10,12H2,1-2H3. The van der Waals surface area contributed by atoms with E-state index in [1.807, 2.05) is 37.4 Å². The summed E-state index contributed by atoms with van der Waals surface area (Å²) in [6, 6.07) is 5.84. The molecule has 0 bridgehead atoms. The number of furan rings is 1. The molecule has 0 fully saturated rings. The molecule has 0 spiro atoms. The van der Waals surface area contributed by atoms with Crippen LogP contribution in [0.5, 0.6) is 0 Å². The van der Waals surface area contributed by atoms with Gasteiger partial charge in [0.25, 0.3) is 0 Å². The lowest BCUT2D eigenvalue weighted by Crippen LogP contribution is -2.35. The van der Waals surface area contributed by atoms with E-state index in [2.05, 4.69) is 0 Å². The first-order chi connectivity index (χ1) is 9.97. The minimum Gasteiger partial charge on any atom is -0.472 e. The third-order valence-corrected chi connectivity index (χ3v) is 6.19. The van der Waals surface area contributed by atoms with Crippen LogP contribution in [0.3, 0.4) is 0 Å². The van der Waals surface area contributed by atoms with E-state index in [4.69, 9.17) is 4.42 Å². The minimum atomic E-state index is -3.25. The summed E-state index contributed by atoms with van der Waals surface area (Å²) in [4.78, 5) is 1.20. The molecule has 6 heteroatoms. The zero-order valence-corrected chi connectivity index (χ0v) is 14.0. The van der Waals surface area contributed by atoms with Crippen LogP contribution >= 0.6 is 11.3 Å². The van der Waals surface area contributed by atoms with Crippen molar-refractivity contribution in [2.75, 3.05) is 12.3 Å². The Balaban J connectivity index is 2.09. The van der Waals surface area contributed by atoms with Crippen molar-refractivity contribution in [2.45, 2.75) is 26.8 Å². The topological polar surface area (TPSA) is 50.5 Å². The Morgan fingerprint density at radius 1 is 1.33 bits per heavy atom. The molecular formula is C15H21NO3S2. The summed E-state index contributed by atoms with van der Waals surface area (Å²) in [5.74, 6) is 0.290. The maximum absolute atomic E-state index is 12.5. The van der Waals surface area contributed by atoms with Crippen LogP contribution in [-0.4, -0.2) is 25.0 Å². The molecule has 0 atom stereocenters. The Hall–Kier alpha value is -1.11. The normalized spacial score (nSPS) is 12.4. The van der Waals surface area contributed by atoms with Crippen molar-refractivity contribution in [3.05, 3.63) is 46.5 Å². The highest BCUT2D eigenvalue weighted by molar-refractivity contribution is 7.89. The fourth-order valence-electron chi connectivity index (χ4n) is 2.12. The Labute approximate surface area is 130 Å². The minimum absolute atomic E-state index is 0.114. The summed E-state index contributed by atoms with van der Waals surface area (Å²) >= 11 is 1.66. The van der Waals surface area contributed by atoms with E-state index in [1.165, 1.54) is 4.88 Å². The van der Waals surface area contributed by atoms with Crippen molar-refractivity contribution in [1.82, 2.24) is 4.31 Å². The van der Waals surface area contributed by atoms with E-state index in [0.717, 1.165) is 12.0 Å². The fourth-order valence-corrected chi connectivity index (χ4v) is 4.59.